The van der Waals surface area contributed by atoms with Crippen LogP contribution >= 0.6 is 0 Å². The van der Waals surface area contributed by atoms with Crippen LogP contribution in [-0.4, -0.2) is 47.7 Å². The highest BCUT2D eigenvalue weighted by Crippen LogP contribution is 2.30. The highest BCUT2D eigenvalue weighted by Gasteiger charge is 2.32. The largest absolute Gasteiger partial charge is 0.457 e. The zero-order chi connectivity index (χ0) is 15.9. The van der Waals surface area contributed by atoms with E-state index in [-0.39, 0.29) is 11.5 Å². The Kier molecular flexibility index (Phi) is 3.97. The molecule has 1 aromatic rings. The lowest BCUT2D eigenvalue weighted by Gasteiger charge is -2.43. The predicted molar refractivity (Wildman–Crippen MR) is 83.8 cm³/mol. The van der Waals surface area contributed by atoms with Crippen LogP contribution in [0.4, 0.5) is 0 Å². The van der Waals surface area contributed by atoms with Crippen molar-refractivity contribution in [3.63, 3.8) is 0 Å². The number of benzene rings is 1. The molecular weight excluding hydrogens is 280 g/mol. The van der Waals surface area contributed by atoms with Crippen molar-refractivity contribution in [2.75, 3.05) is 26.2 Å². The molecule has 5 heteroatoms. The van der Waals surface area contributed by atoms with Gasteiger partial charge in [0.1, 0.15) is 6.61 Å². The maximum Gasteiger partial charge on any atom is 0.338 e. The number of hydrogen-bond acceptors (Lipinski definition) is 5. The van der Waals surface area contributed by atoms with Crippen LogP contribution in [0.3, 0.4) is 0 Å². The van der Waals surface area contributed by atoms with Gasteiger partial charge in [0.05, 0.1) is 11.7 Å². The summed E-state index contributed by atoms with van der Waals surface area (Å²) in [7, 11) is 0. The zero-order valence-electron chi connectivity index (χ0n) is 13.5. The Hall–Kier alpha value is -1.43. The van der Waals surface area contributed by atoms with Crippen LogP contribution in [0.2, 0.25) is 0 Å². The molecule has 1 atom stereocenters. The van der Waals surface area contributed by atoms with Gasteiger partial charge in [-0.1, -0.05) is 6.07 Å². The number of β-amino-alcohol motifs (C(OH)–C–C–N with tert-alkyl or cyclic N) is 1. The Morgan fingerprint density at radius 3 is 2.95 bits per heavy atom. The van der Waals surface area contributed by atoms with Gasteiger partial charge in [0.25, 0.3) is 0 Å². The molecule has 3 rings (SSSR count). The number of rotatable bonds is 3. The summed E-state index contributed by atoms with van der Waals surface area (Å²) in [4.78, 5) is 13.9. The third-order valence-electron chi connectivity index (χ3n) is 4.93. The van der Waals surface area contributed by atoms with Gasteiger partial charge in [0.15, 0.2) is 0 Å². The number of esters is 1. The lowest BCUT2D eigenvalue weighted by atomic mass is 9.93. The van der Waals surface area contributed by atoms with E-state index in [1.807, 2.05) is 13.0 Å². The van der Waals surface area contributed by atoms with E-state index in [9.17, 15) is 9.90 Å². The summed E-state index contributed by atoms with van der Waals surface area (Å²) >= 11 is 0. The molecule has 0 saturated carbocycles. The number of hydrogen-bond donors (Lipinski definition) is 2. The summed E-state index contributed by atoms with van der Waals surface area (Å²) in [5.74, 6) is -0.262. The summed E-state index contributed by atoms with van der Waals surface area (Å²) in [6.45, 7) is 10.1. The molecule has 1 aromatic carbocycles. The fourth-order valence-electron chi connectivity index (χ4n) is 3.40. The van der Waals surface area contributed by atoms with E-state index < -0.39 is 6.10 Å². The van der Waals surface area contributed by atoms with Gasteiger partial charge in [-0.3, -0.25) is 4.90 Å². The molecule has 2 aliphatic rings. The first-order valence-corrected chi connectivity index (χ1v) is 7.83. The Labute approximate surface area is 131 Å². The summed E-state index contributed by atoms with van der Waals surface area (Å²) in [6, 6.07) is 3.64. The van der Waals surface area contributed by atoms with Crippen molar-refractivity contribution in [3.05, 3.63) is 34.4 Å². The third kappa shape index (κ3) is 2.64. The lowest BCUT2D eigenvalue weighted by molar-refractivity contribution is 0.0338. The first-order chi connectivity index (χ1) is 10.4. The molecule has 120 valence electrons. The van der Waals surface area contributed by atoms with Crippen molar-refractivity contribution in [1.29, 1.82) is 0 Å². The van der Waals surface area contributed by atoms with Gasteiger partial charge < -0.3 is 15.2 Å². The highest BCUT2D eigenvalue weighted by atomic mass is 16.5. The van der Waals surface area contributed by atoms with Crippen molar-refractivity contribution in [2.45, 2.75) is 39.0 Å². The second kappa shape index (κ2) is 5.65. The van der Waals surface area contributed by atoms with E-state index in [4.69, 9.17) is 4.74 Å². The minimum absolute atomic E-state index is 0.0307. The first-order valence-electron chi connectivity index (χ1n) is 7.83. The number of carbonyl (C=O) groups excluding carboxylic acids is 1. The number of carbonyl (C=O) groups is 1. The molecule has 0 bridgehead atoms. The van der Waals surface area contributed by atoms with Crippen LogP contribution in [0.15, 0.2) is 12.1 Å². The number of aliphatic hydroxyl groups is 1. The average molecular weight is 304 g/mol. The molecule has 22 heavy (non-hydrogen) atoms. The van der Waals surface area contributed by atoms with Crippen LogP contribution in [-0.2, 0) is 11.3 Å². The van der Waals surface area contributed by atoms with Gasteiger partial charge in [-0.2, -0.15) is 0 Å². The molecule has 2 heterocycles. The Bertz CT molecular complexity index is 598. The van der Waals surface area contributed by atoms with Gasteiger partial charge in [0, 0.05) is 37.3 Å². The quantitative estimate of drug-likeness (QED) is 0.826. The second-order valence-electron chi connectivity index (χ2n) is 6.83. The van der Waals surface area contributed by atoms with Crippen LogP contribution in [0.5, 0.6) is 0 Å². The van der Waals surface area contributed by atoms with Crippen molar-refractivity contribution < 1.29 is 14.6 Å². The van der Waals surface area contributed by atoms with Gasteiger partial charge in [-0.15, -0.1) is 0 Å². The summed E-state index contributed by atoms with van der Waals surface area (Å²) < 4.78 is 5.08. The van der Waals surface area contributed by atoms with E-state index in [2.05, 4.69) is 24.1 Å². The number of fused-ring (bicyclic) bond motifs is 1. The fraction of sp³-hybridized carbons (Fsp3) is 0.588. The topological polar surface area (TPSA) is 61.8 Å². The highest BCUT2D eigenvalue weighted by molar-refractivity contribution is 5.93. The van der Waals surface area contributed by atoms with Gasteiger partial charge >= 0.3 is 5.97 Å². The zero-order valence-corrected chi connectivity index (χ0v) is 13.5. The lowest BCUT2D eigenvalue weighted by Crippen LogP contribution is -2.58. The molecule has 0 amide bonds. The molecule has 0 unspecified atom stereocenters. The van der Waals surface area contributed by atoms with Crippen molar-refractivity contribution >= 4 is 5.97 Å². The van der Waals surface area contributed by atoms with Crippen molar-refractivity contribution in [1.82, 2.24) is 10.2 Å². The maximum atomic E-state index is 11.6. The van der Waals surface area contributed by atoms with Crippen LogP contribution in [0.1, 0.15) is 47.0 Å². The monoisotopic (exact) mass is 304 g/mol. The maximum absolute atomic E-state index is 11.6. The van der Waals surface area contributed by atoms with Gasteiger partial charge in [-0.25, -0.2) is 4.79 Å². The minimum atomic E-state index is -0.557. The fourth-order valence-corrected chi connectivity index (χ4v) is 3.40. The number of ether oxygens (including phenoxy) is 1. The third-order valence-corrected chi connectivity index (χ3v) is 4.93. The van der Waals surface area contributed by atoms with E-state index in [0.29, 0.717) is 18.7 Å². The van der Waals surface area contributed by atoms with Crippen LogP contribution in [0, 0.1) is 6.92 Å². The van der Waals surface area contributed by atoms with E-state index in [0.717, 1.165) is 36.3 Å². The number of nitrogens with zero attached hydrogens (tertiary/aromatic N) is 1. The van der Waals surface area contributed by atoms with Crippen LogP contribution in [0.25, 0.3) is 0 Å². The van der Waals surface area contributed by atoms with E-state index >= 15 is 0 Å². The number of nitrogens with one attached hydrogen (secondary N) is 1. The predicted octanol–water partition coefficient (Wildman–Crippen LogP) is 1.38. The number of piperazine rings is 1. The molecule has 0 radical (unpaired) electrons. The van der Waals surface area contributed by atoms with Crippen molar-refractivity contribution in [2.24, 2.45) is 0 Å². The molecule has 1 saturated heterocycles. The SMILES string of the molecule is Cc1c([C@@H](O)CN2CCNCC2(C)C)ccc2c1COC2=O. The number of cyclic esters (lactones) is 1. The van der Waals surface area contributed by atoms with Crippen LogP contribution < -0.4 is 5.32 Å². The Balaban J connectivity index is 1.81. The molecular formula is C17H24N2O3. The summed E-state index contributed by atoms with van der Waals surface area (Å²) in [5, 5.41) is 14.1. The summed E-state index contributed by atoms with van der Waals surface area (Å²) in [6.07, 6.45) is -0.557. The van der Waals surface area contributed by atoms with E-state index in [1.54, 1.807) is 6.07 Å². The van der Waals surface area contributed by atoms with Gasteiger partial charge in [0.2, 0.25) is 0 Å². The molecule has 2 N–H and O–H groups in total. The van der Waals surface area contributed by atoms with E-state index in [1.165, 1.54) is 0 Å². The standard InChI is InChI=1S/C17H24N2O3/c1-11-12(4-5-13-14(11)9-22-16(13)21)15(20)8-19-7-6-18-10-17(19,2)3/h4-5,15,18,20H,6-10H2,1-3H3/t15-/m0/s1. The van der Waals surface area contributed by atoms with Gasteiger partial charge in [-0.05, 0) is 38.0 Å². The van der Waals surface area contributed by atoms with Crippen molar-refractivity contribution in [3.8, 4) is 0 Å². The first kappa shape index (κ1) is 15.5. The summed E-state index contributed by atoms with van der Waals surface area (Å²) in [5.41, 5.74) is 3.45. The molecule has 1 fully saturated rings. The molecule has 0 spiro atoms. The molecule has 0 aliphatic carbocycles. The Morgan fingerprint density at radius 1 is 1.45 bits per heavy atom. The molecule has 0 aromatic heterocycles. The average Bonchev–Trinajstić information content (AvgIpc) is 2.84. The second-order valence-corrected chi connectivity index (χ2v) is 6.83. The number of aliphatic hydroxyl groups excluding tert-OH is 1. The Morgan fingerprint density at radius 2 is 2.23 bits per heavy atom. The molecule has 2 aliphatic heterocycles. The minimum Gasteiger partial charge on any atom is -0.457 e. The smallest absolute Gasteiger partial charge is 0.338 e. The molecule has 5 nitrogen and oxygen atoms in total. The normalized spacial score (nSPS) is 22.3.